The Morgan fingerprint density at radius 3 is 2.05 bits per heavy atom. The van der Waals surface area contributed by atoms with Crippen molar-refractivity contribution in [2.75, 3.05) is 6.54 Å². The van der Waals surface area contributed by atoms with Gasteiger partial charge in [-0.2, -0.15) is 0 Å². The van der Waals surface area contributed by atoms with E-state index in [-0.39, 0.29) is 0 Å². The van der Waals surface area contributed by atoms with Crippen LogP contribution >= 0.6 is 0 Å². The highest BCUT2D eigenvalue weighted by Crippen LogP contribution is 2.22. The molecule has 5 nitrogen and oxygen atoms in total. The predicted molar refractivity (Wildman–Crippen MR) is 88.5 cm³/mol. The molecule has 0 spiro atoms. The van der Waals surface area contributed by atoms with Crippen molar-refractivity contribution in [3.8, 4) is 0 Å². The summed E-state index contributed by atoms with van der Waals surface area (Å²) in [5.74, 6) is 0. The molecule has 3 atom stereocenters. The summed E-state index contributed by atoms with van der Waals surface area (Å²) in [6.07, 6.45) is -0.223. The van der Waals surface area contributed by atoms with Gasteiger partial charge in [0.15, 0.2) is 0 Å². The lowest BCUT2D eigenvalue weighted by Gasteiger charge is -2.20. The Bertz CT molecular complexity index is 459. The first-order valence-corrected chi connectivity index (χ1v) is 7.92. The standard InChI is InChI=1S/C17H30N2O3/c1-11(20)4-15-6-14(8-18)7-16(10-19-9-13(3)22)17(15)5-12(2)21/h6-7,11-13,19-22H,4-5,8-10,18H2,1-3H3. The van der Waals surface area contributed by atoms with Crippen molar-refractivity contribution in [1.29, 1.82) is 0 Å². The van der Waals surface area contributed by atoms with E-state index in [1.165, 1.54) is 0 Å². The van der Waals surface area contributed by atoms with Crippen LogP contribution in [0.2, 0.25) is 0 Å². The molecule has 126 valence electrons. The van der Waals surface area contributed by atoms with Crippen molar-refractivity contribution in [3.63, 3.8) is 0 Å². The zero-order chi connectivity index (χ0) is 16.7. The van der Waals surface area contributed by atoms with Crippen LogP contribution in [-0.2, 0) is 25.9 Å². The van der Waals surface area contributed by atoms with Crippen LogP contribution in [0.5, 0.6) is 0 Å². The maximum Gasteiger partial charge on any atom is 0.0636 e. The molecule has 0 bridgehead atoms. The third kappa shape index (κ3) is 6.42. The third-order valence-corrected chi connectivity index (χ3v) is 3.50. The molecular weight excluding hydrogens is 280 g/mol. The lowest BCUT2D eigenvalue weighted by molar-refractivity contribution is 0.187. The topological polar surface area (TPSA) is 98.7 Å². The zero-order valence-corrected chi connectivity index (χ0v) is 13.8. The number of benzene rings is 1. The summed E-state index contributed by atoms with van der Waals surface area (Å²) in [4.78, 5) is 0. The molecule has 0 saturated heterocycles. The molecule has 5 heteroatoms. The van der Waals surface area contributed by atoms with E-state index in [0.717, 1.165) is 22.3 Å². The van der Waals surface area contributed by atoms with Gasteiger partial charge in [0.1, 0.15) is 0 Å². The highest BCUT2D eigenvalue weighted by atomic mass is 16.3. The largest absolute Gasteiger partial charge is 0.393 e. The molecule has 6 N–H and O–H groups in total. The second-order valence-corrected chi connectivity index (χ2v) is 6.18. The predicted octanol–water partition coefficient (Wildman–Crippen LogP) is 0.462. The molecule has 0 aliphatic rings. The van der Waals surface area contributed by atoms with Gasteiger partial charge in [-0.15, -0.1) is 0 Å². The van der Waals surface area contributed by atoms with Gasteiger partial charge in [0.25, 0.3) is 0 Å². The summed E-state index contributed by atoms with van der Waals surface area (Å²) in [6.45, 7) is 6.80. The number of aliphatic hydroxyl groups excluding tert-OH is 3. The van der Waals surface area contributed by atoms with Crippen LogP contribution in [0.25, 0.3) is 0 Å². The Hall–Kier alpha value is -0.980. The molecular formula is C17H30N2O3. The van der Waals surface area contributed by atoms with Crippen molar-refractivity contribution < 1.29 is 15.3 Å². The molecule has 0 fully saturated rings. The molecule has 0 aromatic heterocycles. The minimum Gasteiger partial charge on any atom is -0.393 e. The van der Waals surface area contributed by atoms with E-state index in [0.29, 0.717) is 32.5 Å². The molecule has 1 aromatic rings. The summed E-state index contributed by atoms with van der Waals surface area (Å²) in [5.41, 5.74) is 9.95. The van der Waals surface area contributed by atoms with Crippen LogP contribution in [0.4, 0.5) is 0 Å². The molecule has 1 aromatic carbocycles. The number of hydrogen-bond donors (Lipinski definition) is 5. The van der Waals surface area contributed by atoms with E-state index in [1.54, 1.807) is 20.8 Å². The van der Waals surface area contributed by atoms with Gasteiger partial charge in [-0.05, 0) is 55.9 Å². The van der Waals surface area contributed by atoms with E-state index in [9.17, 15) is 15.3 Å². The first kappa shape index (κ1) is 19.1. The van der Waals surface area contributed by atoms with Crippen molar-refractivity contribution in [3.05, 3.63) is 34.4 Å². The first-order chi connectivity index (χ1) is 10.3. The smallest absolute Gasteiger partial charge is 0.0636 e. The molecule has 0 heterocycles. The van der Waals surface area contributed by atoms with Crippen LogP contribution in [0, 0.1) is 0 Å². The van der Waals surface area contributed by atoms with Crippen molar-refractivity contribution >= 4 is 0 Å². The van der Waals surface area contributed by atoms with Crippen molar-refractivity contribution in [2.45, 2.75) is 65.0 Å². The van der Waals surface area contributed by atoms with Gasteiger partial charge in [0.2, 0.25) is 0 Å². The minimum atomic E-state index is -0.452. The van der Waals surface area contributed by atoms with Crippen LogP contribution in [-0.4, -0.2) is 40.2 Å². The quantitative estimate of drug-likeness (QED) is 0.456. The number of hydrogen-bond acceptors (Lipinski definition) is 5. The second kappa shape index (κ2) is 9.22. The fourth-order valence-electron chi connectivity index (χ4n) is 2.62. The SMILES string of the molecule is CC(O)CNCc1cc(CN)cc(CC(C)O)c1CC(C)O. The van der Waals surface area contributed by atoms with Gasteiger partial charge in [0, 0.05) is 19.6 Å². The Kier molecular flexibility index (Phi) is 8.00. The Morgan fingerprint density at radius 1 is 0.955 bits per heavy atom. The van der Waals surface area contributed by atoms with Crippen molar-refractivity contribution in [1.82, 2.24) is 5.32 Å². The first-order valence-electron chi connectivity index (χ1n) is 7.92. The van der Waals surface area contributed by atoms with Crippen LogP contribution < -0.4 is 11.1 Å². The Balaban J connectivity index is 3.11. The van der Waals surface area contributed by atoms with Gasteiger partial charge in [0.05, 0.1) is 18.3 Å². The zero-order valence-electron chi connectivity index (χ0n) is 13.8. The fraction of sp³-hybridized carbons (Fsp3) is 0.647. The average Bonchev–Trinajstić information content (AvgIpc) is 2.40. The maximum absolute atomic E-state index is 9.78. The summed E-state index contributed by atoms with van der Waals surface area (Å²) >= 11 is 0. The summed E-state index contributed by atoms with van der Waals surface area (Å²) in [5, 5.41) is 32.1. The molecule has 0 saturated carbocycles. The van der Waals surface area contributed by atoms with Crippen LogP contribution in [0.3, 0.4) is 0 Å². The van der Waals surface area contributed by atoms with E-state index in [2.05, 4.69) is 5.32 Å². The van der Waals surface area contributed by atoms with Gasteiger partial charge in [-0.3, -0.25) is 0 Å². The van der Waals surface area contributed by atoms with Gasteiger partial charge in [-0.1, -0.05) is 12.1 Å². The number of nitrogens with two attached hydrogens (primary N) is 1. The Labute approximate surface area is 133 Å². The average molecular weight is 310 g/mol. The van der Waals surface area contributed by atoms with E-state index < -0.39 is 18.3 Å². The molecule has 0 radical (unpaired) electrons. The number of aliphatic hydroxyl groups is 3. The van der Waals surface area contributed by atoms with E-state index in [4.69, 9.17) is 5.73 Å². The lowest BCUT2D eigenvalue weighted by Crippen LogP contribution is -2.25. The van der Waals surface area contributed by atoms with Gasteiger partial charge < -0.3 is 26.4 Å². The molecule has 0 amide bonds. The number of rotatable bonds is 9. The van der Waals surface area contributed by atoms with Crippen LogP contribution in [0.1, 0.15) is 43.0 Å². The molecule has 0 aliphatic carbocycles. The minimum absolute atomic E-state index is 0.408. The highest BCUT2D eigenvalue weighted by Gasteiger charge is 2.14. The normalized spacial score (nSPS) is 15.6. The fourth-order valence-corrected chi connectivity index (χ4v) is 2.62. The van der Waals surface area contributed by atoms with Crippen LogP contribution in [0.15, 0.2) is 12.1 Å². The monoisotopic (exact) mass is 310 g/mol. The third-order valence-electron chi connectivity index (χ3n) is 3.50. The highest BCUT2D eigenvalue weighted by molar-refractivity contribution is 5.40. The second-order valence-electron chi connectivity index (χ2n) is 6.18. The maximum atomic E-state index is 9.78. The molecule has 3 unspecified atom stereocenters. The Morgan fingerprint density at radius 2 is 1.55 bits per heavy atom. The van der Waals surface area contributed by atoms with E-state index >= 15 is 0 Å². The summed E-state index contributed by atoms with van der Waals surface area (Å²) < 4.78 is 0. The van der Waals surface area contributed by atoms with Gasteiger partial charge >= 0.3 is 0 Å². The lowest BCUT2D eigenvalue weighted by atomic mass is 9.90. The van der Waals surface area contributed by atoms with Gasteiger partial charge in [-0.25, -0.2) is 0 Å². The number of nitrogens with one attached hydrogen (secondary N) is 1. The summed E-state index contributed by atoms with van der Waals surface area (Å²) in [7, 11) is 0. The van der Waals surface area contributed by atoms with E-state index in [1.807, 2.05) is 12.1 Å². The summed E-state index contributed by atoms with van der Waals surface area (Å²) in [6, 6.07) is 4.06. The molecule has 1 rings (SSSR count). The molecule has 22 heavy (non-hydrogen) atoms. The molecule has 0 aliphatic heterocycles. The van der Waals surface area contributed by atoms with Crippen molar-refractivity contribution in [2.24, 2.45) is 5.73 Å².